The Morgan fingerprint density at radius 2 is 1.58 bits per heavy atom. The van der Waals surface area contributed by atoms with E-state index in [0.29, 0.717) is 43.1 Å². The first-order valence-electron chi connectivity index (χ1n) is 8.72. The fourth-order valence-electron chi connectivity index (χ4n) is 2.43. The van der Waals surface area contributed by atoms with Crippen molar-refractivity contribution in [3.8, 4) is 0 Å². The summed E-state index contributed by atoms with van der Waals surface area (Å²) in [5.41, 5.74) is 1.34. The summed E-state index contributed by atoms with van der Waals surface area (Å²) in [5, 5.41) is 9.21. The summed E-state index contributed by atoms with van der Waals surface area (Å²) in [7, 11) is 1.69. The van der Waals surface area contributed by atoms with E-state index in [0.717, 1.165) is 6.42 Å². The molecule has 138 valence electrons. The lowest BCUT2D eigenvalue weighted by atomic mass is 10.1. The first kappa shape index (κ1) is 19.4. The van der Waals surface area contributed by atoms with E-state index in [1.165, 1.54) is 6.07 Å². The van der Waals surface area contributed by atoms with Gasteiger partial charge in [0.25, 0.3) is 5.91 Å². The number of benzene rings is 2. The van der Waals surface area contributed by atoms with Gasteiger partial charge in [0.05, 0.1) is 0 Å². The van der Waals surface area contributed by atoms with Gasteiger partial charge in [-0.05, 0) is 36.6 Å². The summed E-state index contributed by atoms with van der Waals surface area (Å²) in [6, 6.07) is 15.9. The van der Waals surface area contributed by atoms with Gasteiger partial charge in [-0.25, -0.2) is 4.39 Å². The molecule has 0 aliphatic heterocycles. The number of amides is 1. The molecule has 3 N–H and O–H groups in total. The molecule has 0 aromatic heterocycles. The minimum atomic E-state index is -0.189. The van der Waals surface area contributed by atoms with Crippen LogP contribution >= 0.6 is 0 Å². The van der Waals surface area contributed by atoms with Crippen LogP contribution in [0, 0.1) is 5.82 Å². The lowest BCUT2D eigenvalue weighted by Gasteiger charge is -2.12. The molecular weight excluding hydrogens is 331 g/mol. The minimum absolute atomic E-state index is 0.0713. The summed E-state index contributed by atoms with van der Waals surface area (Å²) in [6.07, 6.45) is 1.35. The molecule has 0 saturated heterocycles. The van der Waals surface area contributed by atoms with Crippen LogP contribution < -0.4 is 16.0 Å². The standard InChI is InChI=1S/C20H25FN4O/c1-22-20(25-15-12-16-8-5-6-11-18(16)21)24-14-7-13-23-19(26)17-9-3-2-4-10-17/h2-6,8-11H,7,12-15H2,1H3,(H,23,26)(H2,22,24,25). The lowest BCUT2D eigenvalue weighted by Crippen LogP contribution is -2.39. The van der Waals surface area contributed by atoms with Crippen molar-refractivity contribution in [1.82, 2.24) is 16.0 Å². The topological polar surface area (TPSA) is 65.5 Å². The van der Waals surface area contributed by atoms with Gasteiger partial charge in [-0.3, -0.25) is 9.79 Å². The molecule has 1 amide bonds. The molecule has 0 aliphatic carbocycles. The third-order valence-corrected chi connectivity index (χ3v) is 3.84. The molecular formula is C20H25FN4O. The zero-order chi connectivity index (χ0) is 18.6. The van der Waals surface area contributed by atoms with Crippen LogP contribution in [0.2, 0.25) is 0 Å². The largest absolute Gasteiger partial charge is 0.356 e. The molecule has 0 bridgehead atoms. The normalized spacial score (nSPS) is 11.1. The SMILES string of the molecule is CN=C(NCCCNC(=O)c1ccccc1)NCCc1ccccc1F. The highest BCUT2D eigenvalue weighted by atomic mass is 19.1. The van der Waals surface area contributed by atoms with Crippen LogP contribution in [0.25, 0.3) is 0 Å². The number of rotatable bonds is 8. The Morgan fingerprint density at radius 3 is 2.31 bits per heavy atom. The zero-order valence-corrected chi connectivity index (χ0v) is 15.0. The molecule has 0 unspecified atom stereocenters. The van der Waals surface area contributed by atoms with Gasteiger partial charge in [-0.1, -0.05) is 36.4 Å². The highest BCUT2D eigenvalue weighted by molar-refractivity contribution is 5.94. The van der Waals surface area contributed by atoms with Gasteiger partial charge < -0.3 is 16.0 Å². The van der Waals surface area contributed by atoms with Gasteiger partial charge in [-0.15, -0.1) is 0 Å². The van der Waals surface area contributed by atoms with Crippen LogP contribution in [-0.2, 0) is 6.42 Å². The van der Waals surface area contributed by atoms with E-state index < -0.39 is 0 Å². The van der Waals surface area contributed by atoms with Crippen LogP contribution in [-0.4, -0.2) is 38.5 Å². The fourth-order valence-corrected chi connectivity index (χ4v) is 2.43. The number of hydrogen-bond acceptors (Lipinski definition) is 2. The van der Waals surface area contributed by atoms with E-state index in [2.05, 4.69) is 20.9 Å². The number of nitrogens with zero attached hydrogens (tertiary/aromatic N) is 1. The summed E-state index contributed by atoms with van der Waals surface area (Å²) < 4.78 is 13.6. The molecule has 2 aromatic carbocycles. The van der Waals surface area contributed by atoms with Crippen molar-refractivity contribution in [3.63, 3.8) is 0 Å². The number of nitrogens with one attached hydrogen (secondary N) is 3. The second-order valence-electron chi connectivity index (χ2n) is 5.74. The monoisotopic (exact) mass is 356 g/mol. The number of hydrogen-bond donors (Lipinski definition) is 3. The number of carbonyl (C=O) groups is 1. The molecule has 2 rings (SSSR count). The molecule has 5 nitrogen and oxygen atoms in total. The molecule has 6 heteroatoms. The van der Waals surface area contributed by atoms with Gasteiger partial charge in [0.2, 0.25) is 0 Å². The van der Waals surface area contributed by atoms with E-state index in [9.17, 15) is 9.18 Å². The number of halogens is 1. The van der Waals surface area contributed by atoms with Crippen LogP contribution in [0.3, 0.4) is 0 Å². The minimum Gasteiger partial charge on any atom is -0.356 e. The second kappa shape index (κ2) is 10.9. The molecule has 2 aromatic rings. The number of guanidine groups is 1. The molecule has 0 atom stereocenters. The van der Waals surface area contributed by atoms with E-state index in [4.69, 9.17) is 0 Å². The summed E-state index contributed by atoms with van der Waals surface area (Å²) in [4.78, 5) is 16.0. The predicted molar refractivity (Wildman–Crippen MR) is 103 cm³/mol. The predicted octanol–water partition coefficient (Wildman–Crippen LogP) is 2.35. The maximum Gasteiger partial charge on any atom is 0.251 e. The Bertz CT molecular complexity index is 719. The van der Waals surface area contributed by atoms with Crippen LogP contribution in [0.5, 0.6) is 0 Å². The fraction of sp³-hybridized carbons (Fsp3) is 0.300. The average molecular weight is 356 g/mol. The maximum absolute atomic E-state index is 13.6. The smallest absolute Gasteiger partial charge is 0.251 e. The van der Waals surface area contributed by atoms with E-state index in [-0.39, 0.29) is 11.7 Å². The van der Waals surface area contributed by atoms with Crippen LogP contribution in [0.15, 0.2) is 59.6 Å². The Labute approximate surface area is 153 Å². The number of carbonyl (C=O) groups excluding carboxylic acids is 1. The van der Waals surface area contributed by atoms with Gasteiger partial charge in [0.15, 0.2) is 5.96 Å². The molecule has 0 heterocycles. The highest BCUT2D eigenvalue weighted by Crippen LogP contribution is 2.06. The van der Waals surface area contributed by atoms with Crippen LogP contribution in [0.1, 0.15) is 22.3 Å². The Morgan fingerprint density at radius 1 is 0.923 bits per heavy atom. The molecule has 0 aliphatic rings. The van der Waals surface area contributed by atoms with E-state index in [1.54, 1.807) is 31.3 Å². The quantitative estimate of drug-likeness (QED) is 0.386. The molecule has 0 saturated carbocycles. The van der Waals surface area contributed by atoms with Gasteiger partial charge >= 0.3 is 0 Å². The van der Waals surface area contributed by atoms with Gasteiger partial charge in [-0.2, -0.15) is 0 Å². The van der Waals surface area contributed by atoms with Crippen molar-refractivity contribution in [2.75, 3.05) is 26.7 Å². The van der Waals surface area contributed by atoms with Crippen molar-refractivity contribution >= 4 is 11.9 Å². The van der Waals surface area contributed by atoms with E-state index in [1.807, 2.05) is 24.3 Å². The first-order chi connectivity index (χ1) is 12.7. The highest BCUT2D eigenvalue weighted by Gasteiger charge is 2.04. The van der Waals surface area contributed by atoms with Crippen molar-refractivity contribution < 1.29 is 9.18 Å². The summed E-state index contributed by atoms with van der Waals surface area (Å²) >= 11 is 0. The van der Waals surface area contributed by atoms with Gasteiger partial charge in [0, 0.05) is 32.2 Å². The third kappa shape index (κ3) is 6.55. The van der Waals surface area contributed by atoms with E-state index >= 15 is 0 Å². The second-order valence-corrected chi connectivity index (χ2v) is 5.74. The lowest BCUT2D eigenvalue weighted by molar-refractivity contribution is 0.0953. The third-order valence-electron chi connectivity index (χ3n) is 3.84. The van der Waals surface area contributed by atoms with Crippen molar-refractivity contribution in [3.05, 3.63) is 71.5 Å². The Kier molecular flexibility index (Phi) is 8.12. The maximum atomic E-state index is 13.6. The first-order valence-corrected chi connectivity index (χ1v) is 8.72. The molecule has 0 fully saturated rings. The van der Waals surface area contributed by atoms with Crippen molar-refractivity contribution in [2.24, 2.45) is 4.99 Å². The molecule has 26 heavy (non-hydrogen) atoms. The number of aliphatic imine (C=N–C) groups is 1. The summed E-state index contributed by atoms with van der Waals surface area (Å²) in [5.74, 6) is 0.403. The van der Waals surface area contributed by atoms with Crippen LogP contribution in [0.4, 0.5) is 4.39 Å². The average Bonchev–Trinajstić information content (AvgIpc) is 2.68. The molecule has 0 spiro atoms. The van der Waals surface area contributed by atoms with Crippen molar-refractivity contribution in [2.45, 2.75) is 12.8 Å². The summed E-state index contributed by atoms with van der Waals surface area (Å²) in [6.45, 7) is 1.84. The Hall–Kier alpha value is -2.89. The zero-order valence-electron chi connectivity index (χ0n) is 15.0. The molecule has 0 radical (unpaired) electrons. The van der Waals surface area contributed by atoms with Gasteiger partial charge in [0.1, 0.15) is 5.82 Å². The Balaban J connectivity index is 1.60. The van der Waals surface area contributed by atoms with Crippen molar-refractivity contribution in [1.29, 1.82) is 0 Å².